The van der Waals surface area contributed by atoms with Gasteiger partial charge in [0.2, 0.25) is 0 Å². The molecule has 0 spiro atoms. The van der Waals surface area contributed by atoms with Crippen molar-refractivity contribution < 1.29 is 19.0 Å². The Kier molecular flexibility index (Phi) is 2.58. The predicted octanol–water partition coefficient (Wildman–Crippen LogP) is 1.99. The first-order valence-corrected chi connectivity index (χ1v) is 4.82. The Balaban J connectivity index is 2.13. The molecule has 80 valence electrons. The van der Waals surface area contributed by atoms with Crippen LogP contribution >= 0.6 is 0 Å². The first-order chi connectivity index (χ1) is 7.15. The van der Waals surface area contributed by atoms with Gasteiger partial charge in [-0.3, -0.25) is 4.79 Å². The average molecular weight is 210 g/mol. The fourth-order valence-electron chi connectivity index (χ4n) is 1.75. The summed E-state index contributed by atoms with van der Waals surface area (Å²) in [4.78, 5) is 10.5. The van der Waals surface area contributed by atoms with Gasteiger partial charge in [-0.05, 0) is 36.6 Å². The fourth-order valence-corrected chi connectivity index (χ4v) is 1.75. The second kappa shape index (κ2) is 3.88. The highest BCUT2D eigenvalue weighted by molar-refractivity contribution is 5.67. The van der Waals surface area contributed by atoms with Crippen molar-refractivity contribution >= 4 is 5.97 Å². The largest absolute Gasteiger partial charge is 0.490 e. The van der Waals surface area contributed by atoms with E-state index < -0.39 is 5.97 Å². The number of fused-ring (bicyclic) bond motifs is 1. The molecule has 3 nitrogen and oxygen atoms in total. The van der Waals surface area contributed by atoms with Gasteiger partial charge in [0.05, 0.1) is 6.42 Å². The molecule has 0 aromatic heterocycles. The van der Waals surface area contributed by atoms with E-state index >= 15 is 0 Å². The highest BCUT2D eigenvalue weighted by Crippen LogP contribution is 2.29. The van der Waals surface area contributed by atoms with E-state index in [1.165, 1.54) is 12.1 Å². The Morgan fingerprint density at radius 3 is 3.13 bits per heavy atom. The van der Waals surface area contributed by atoms with E-state index in [9.17, 15) is 9.18 Å². The Morgan fingerprint density at radius 1 is 1.60 bits per heavy atom. The van der Waals surface area contributed by atoms with Gasteiger partial charge in [0.1, 0.15) is 17.7 Å². The van der Waals surface area contributed by atoms with E-state index in [1.54, 1.807) is 6.07 Å². The van der Waals surface area contributed by atoms with Gasteiger partial charge in [-0.2, -0.15) is 0 Å². The molecular weight excluding hydrogens is 199 g/mol. The zero-order valence-corrected chi connectivity index (χ0v) is 8.07. The van der Waals surface area contributed by atoms with Crippen molar-refractivity contribution in [1.82, 2.24) is 0 Å². The molecule has 0 unspecified atom stereocenters. The number of carboxylic acids is 1. The summed E-state index contributed by atoms with van der Waals surface area (Å²) in [6.45, 7) is 0. The molecule has 1 atom stereocenters. The van der Waals surface area contributed by atoms with Gasteiger partial charge < -0.3 is 9.84 Å². The third-order valence-electron chi connectivity index (χ3n) is 2.45. The maximum absolute atomic E-state index is 12.9. The zero-order valence-electron chi connectivity index (χ0n) is 8.07. The second-order valence-corrected chi connectivity index (χ2v) is 3.63. The Morgan fingerprint density at radius 2 is 2.40 bits per heavy atom. The van der Waals surface area contributed by atoms with Crippen LogP contribution in [0, 0.1) is 5.82 Å². The van der Waals surface area contributed by atoms with E-state index in [0.29, 0.717) is 18.6 Å². The summed E-state index contributed by atoms with van der Waals surface area (Å²) in [5.41, 5.74) is 0.816. The van der Waals surface area contributed by atoms with Gasteiger partial charge in [-0.15, -0.1) is 0 Å². The van der Waals surface area contributed by atoms with E-state index in [0.717, 1.165) is 5.56 Å². The molecule has 15 heavy (non-hydrogen) atoms. The number of aliphatic carboxylic acids is 1. The van der Waals surface area contributed by atoms with Crippen molar-refractivity contribution in [1.29, 1.82) is 0 Å². The summed E-state index contributed by atoms with van der Waals surface area (Å²) >= 11 is 0. The minimum absolute atomic E-state index is 0.00316. The first-order valence-electron chi connectivity index (χ1n) is 4.82. The van der Waals surface area contributed by atoms with Gasteiger partial charge >= 0.3 is 5.97 Å². The van der Waals surface area contributed by atoms with Gasteiger partial charge in [-0.25, -0.2) is 4.39 Å². The lowest BCUT2D eigenvalue weighted by atomic mass is 10.0. The number of benzene rings is 1. The molecular formula is C11H11FO3. The van der Waals surface area contributed by atoms with E-state index in [4.69, 9.17) is 9.84 Å². The molecule has 0 saturated carbocycles. The summed E-state index contributed by atoms with van der Waals surface area (Å²) in [7, 11) is 0. The van der Waals surface area contributed by atoms with Crippen LogP contribution in [-0.2, 0) is 11.2 Å². The number of hydrogen-bond donors (Lipinski definition) is 1. The average Bonchev–Trinajstić information content (AvgIpc) is 2.17. The molecule has 1 aliphatic heterocycles. The number of ether oxygens (including phenoxy) is 1. The smallest absolute Gasteiger partial charge is 0.307 e. The Labute approximate surface area is 86.5 Å². The molecule has 0 aliphatic carbocycles. The molecule has 1 aromatic carbocycles. The quantitative estimate of drug-likeness (QED) is 0.812. The molecule has 1 heterocycles. The number of carboxylic acid groups (broad SMARTS) is 1. The van der Waals surface area contributed by atoms with Crippen molar-refractivity contribution in [3.05, 3.63) is 29.6 Å². The van der Waals surface area contributed by atoms with Crippen LogP contribution in [0.15, 0.2) is 18.2 Å². The van der Waals surface area contributed by atoms with Crippen molar-refractivity contribution in [3.8, 4) is 5.75 Å². The van der Waals surface area contributed by atoms with Crippen molar-refractivity contribution in [2.24, 2.45) is 0 Å². The summed E-state index contributed by atoms with van der Waals surface area (Å²) < 4.78 is 18.3. The molecule has 1 aromatic rings. The van der Waals surface area contributed by atoms with Crippen LogP contribution in [0.25, 0.3) is 0 Å². The minimum atomic E-state index is -0.870. The number of rotatable bonds is 2. The van der Waals surface area contributed by atoms with Crippen LogP contribution in [0.2, 0.25) is 0 Å². The molecule has 0 amide bonds. The Hall–Kier alpha value is -1.58. The van der Waals surface area contributed by atoms with Crippen molar-refractivity contribution in [3.63, 3.8) is 0 Å². The molecule has 0 saturated heterocycles. The Bertz CT molecular complexity index is 389. The predicted molar refractivity (Wildman–Crippen MR) is 51.4 cm³/mol. The summed E-state index contributed by atoms with van der Waals surface area (Å²) in [5, 5.41) is 8.62. The lowest BCUT2D eigenvalue weighted by molar-refractivity contribution is -0.139. The monoisotopic (exact) mass is 210 g/mol. The molecule has 2 rings (SSSR count). The molecule has 0 bridgehead atoms. The SMILES string of the molecule is O=C(O)C[C@@H]1CCc2cc(F)ccc2O1. The van der Waals surface area contributed by atoms with Crippen LogP contribution in [-0.4, -0.2) is 17.2 Å². The summed E-state index contributed by atoms with van der Waals surface area (Å²) in [6.07, 6.45) is 1.01. The highest BCUT2D eigenvalue weighted by Gasteiger charge is 2.22. The van der Waals surface area contributed by atoms with Gasteiger partial charge in [0.25, 0.3) is 0 Å². The lowest BCUT2D eigenvalue weighted by Crippen LogP contribution is -2.25. The minimum Gasteiger partial charge on any atom is -0.490 e. The van der Waals surface area contributed by atoms with Crippen LogP contribution in [0.1, 0.15) is 18.4 Å². The van der Waals surface area contributed by atoms with E-state index in [-0.39, 0.29) is 18.3 Å². The maximum Gasteiger partial charge on any atom is 0.307 e. The molecule has 1 N–H and O–H groups in total. The normalized spacial score (nSPS) is 19.1. The molecule has 0 radical (unpaired) electrons. The van der Waals surface area contributed by atoms with Gasteiger partial charge in [0.15, 0.2) is 0 Å². The van der Waals surface area contributed by atoms with Crippen LogP contribution in [0.5, 0.6) is 5.75 Å². The molecule has 4 heteroatoms. The van der Waals surface area contributed by atoms with E-state index in [1.807, 2.05) is 0 Å². The summed E-state index contributed by atoms with van der Waals surface area (Å²) in [6, 6.07) is 4.31. The van der Waals surface area contributed by atoms with Crippen LogP contribution < -0.4 is 4.74 Å². The number of hydrogen-bond acceptors (Lipinski definition) is 2. The highest BCUT2D eigenvalue weighted by atomic mass is 19.1. The van der Waals surface area contributed by atoms with Crippen molar-refractivity contribution in [2.45, 2.75) is 25.4 Å². The standard InChI is InChI=1S/C11H11FO3/c12-8-2-4-10-7(5-8)1-3-9(15-10)6-11(13)14/h2,4-5,9H,1,3,6H2,(H,13,14)/t9-/m0/s1. The topological polar surface area (TPSA) is 46.5 Å². The zero-order chi connectivity index (χ0) is 10.8. The number of halogens is 1. The summed E-state index contributed by atoms with van der Waals surface area (Å²) in [5.74, 6) is -0.548. The fraction of sp³-hybridized carbons (Fsp3) is 0.364. The van der Waals surface area contributed by atoms with Crippen molar-refractivity contribution in [2.75, 3.05) is 0 Å². The molecule has 0 fully saturated rings. The van der Waals surface area contributed by atoms with Gasteiger partial charge in [-0.1, -0.05) is 0 Å². The maximum atomic E-state index is 12.9. The molecule has 1 aliphatic rings. The van der Waals surface area contributed by atoms with Crippen LogP contribution in [0.3, 0.4) is 0 Å². The first kappa shape index (κ1) is 9.96. The number of aryl methyl sites for hydroxylation is 1. The third kappa shape index (κ3) is 2.26. The number of carbonyl (C=O) groups is 1. The van der Waals surface area contributed by atoms with E-state index in [2.05, 4.69) is 0 Å². The third-order valence-corrected chi connectivity index (χ3v) is 2.45. The van der Waals surface area contributed by atoms with Gasteiger partial charge in [0, 0.05) is 0 Å². The lowest BCUT2D eigenvalue weighted by Gasteiger charge is -2.24. The second-order valence-electron chi connectivity index (χ2n) is 3.63. The van der Waals surface area contributed by atoms with Crippen LogP contribution in [0.4, 0.5) is 4.39 Å².